The third-order valence-electron chi connectivity index (χ3n) is 4.45. The fourth-order valence-corrected chi connectivity index (χ4v) is 3.02. The molecule has 1 heterocycles. The van der Waals surface area contributed by atoms with Gasteiger partial charge in [0.2, 0.25) is 0 Å². The molecule has 2 rings (SSSR count). The van der Waals surface area contributed by atoms with Gasteiger partial charge in [-0.05, 0) is 37.0 Å². The second-order valence-electron chi connectivity index (χ2n) is 6.74. The van der Waals surface area contributed by atoms with Crippen LogP contribution in [0, 0.1) is 11.3 Å². The van der Waals surface area contributed by atoms with Gasteiger partial charge in [0.25, 0.3) is 5.56 Å². The standard InChI is InChI=1S/C15H25N3O/c1-15(2,3)12-6-4-10(5-7-12)13-17-9-11(8-16)14(19)18-13/h9-10,12H,4-8,16H2,1-3H3,(H,17,18,19). The lowest BCUT2D eigenvalue weighted by molar-refractivity contribution is 0.167. The zero-order valence-corrected chi connectivity index (χ0v) is 12.2. The molecule has 0 aromatic carbocycles. The number of aromatic amines is 1. The lowest BCUT2D eigenvalue weighted by Gasteiger charge is -2.36. The van der Waals surface area contributed by atoms with Crippen molar-refractivity contribution >= 4 is 0 Å². The fourth-order valence-electron chi connectivity index (χ4n) is 3.02. The molecule has 106 valence electrons. The highest BCUT2D eigenvalue weighted by Crippen LogP contribution is 2.42. The van der Waals surface area contributed by atoms with E-state index in [4.69, 9.17) is 5.73 Å². The molecule has 1 aromatic heterocycles. The third-order valence-corrected chi connectivity index (χ3v) is 4.45. The summed E-state index contributed by atoms with van der Waals surface area (Å²) in [5.41, 5.74) is 6.35. The minimum absolute atomic E-state index is 0.0783. The van der Waals surface area contributed by atoms with E-state index in [0.717, 1.165) is 24.6 Å². The molecule has 0 unspecified atom stereocenters. The van der Waals surface area contributed by atoms with Gasteiger partial charge < -0.3 is 10.7 Å². The van der Waals surface area contributed by atoms with Crippen molar-refractivity contribution in [1.29, 1.82) is 0 Å². The second-order valence-corrected chi connectivity index (χ2v) is 6.74. The molecule has 19 heavy (non-hydrogen) atoms. The molecule has 1 aromatic rings. The predicted molar refractivity (Wildman–Crippen MR) is 76.9 cm³/mol. The molecule has 4 nitrogen and oxygen atoms in total. The number of hydrogen-bond acceptors (Lipinski definition) is 3. The van der Waals surface area contributed by atoms with Gasteiger partial charge in [-0.25, -0.2) is 4.98 Å². The van der Waals surface area contributed by atoms with Crippen molar-refractivity contribution in [3.63, 3.8) is 0 Å². The number of hydrogen-bond donors (Lipinski definition) is 2. The van der Waals surface area contributed by atoms with Crippen LogP contribution in [0.3, 0.4) is 0 Å². The van der Waals surface area contributed by atoms with E-state index in [1.165, 1.54) is 12.8 Å². The molecule has 0 bridgehead atoms. The summed E-state index contributed by atoms with van der Waals surface area (Å²) in [6.07, 6.45) is 6.30. The van der Waals surface area contributed by atoms with Gasteiger partial charge in [-0.1, -0.05) is 20.8 Å². The van der Waals surface area contributed by atoms with Crippen molar-refractivity contribution in [2.24, 2.45) is 17.1 Å². The maximum Gasteiger partial charge on any atom is 0.255 e. The van der Waals surface area contributed by atoms with Crippen LogP contribution < -0.4 is 11.3 Å². The van der Waals surface area contributed by atoms with Crippen molar-refractivity contribution in [1.82, 2.24) is 9.97 Å². The monoisotopic (exact) mass is 263 g/mol. The maximum atomic E-state index is 11.8. The summed E-state index contributed by atoms with van der Waals surface area (Å²) in [6.45, 7) is 7.19. The summed E-state index contributed by atoms with van der Waals surface area (Å²) >= 11 is 0. The Morgan fingerprint density at radius 3 is 2.42 bits per heavy atom. The molecule has 0 amide bonds. The van der Waals surface area contributed by atoms with Crippen molar-refractivity contribution in [3.05, 3.63) is 27.9 Å². The lowest BCUT2D eigenvalue weighted by Crippen LogP contribution is -2.27. The smallest absolute Gasteiger partial charge is 0.255 e. The van der Waals surface area contributed by atoms with Crippen molar-refractivity contribution in [3.8, 4) is 0 Å². The van der Waals surface area contributed by atoms with E-state index in [9.17, 15) is 4.79 Å². The van der Waals surface area contributed by atoms with Crippen LogP contribution in [-0.4, -0.2) is 9.97 Å². The molecule has 4 heteroatoms. The zero-order chi connectivity index (χ0) is 14.0. The Morgan fingerprint density at radius 1 is 1.32 bits per heavy atom. The molecule has 0 saturated heterocycles. The molecule has 1 aliphatic carbocycles. The highest BCUT2D eigenvalue weighted by atomic mass is 16.1. The van der Waals surface area contributed by atoms with Crippen LogP contribution >= 0.6 is 0 Å². The summed E-state index contributed by atoms with van der Waals surface area (Å²) in [4.78, 5) is 19.1. The Hall–Kier alpha value is -1.16. The van der Waals surface area contributed by atoms with E-state index in [1.54, 1.807) is 6.20 Å². The van der Waals surface area contributed by atoms with E-state index in [0.29, 0.717) is 16.9 Å². The molecular weight excluding hydrogens is 238 g/mol. The molecule has 0 aliphatic heterocycles. The van der Waals surface area contributed by atoms with Gasteiger partial charge in [-0.3, -0.25) is 4.79 Å². The van der Waals surface area contributed by atoms with Gasteiger partial charge in [0.05, 0.1) is 0 Å². The van der Waals surface area contributed by atoms with E-state index in [-0.39, 0.29) is 12.1 Å². The topological polar surface area (TPSA) is 71.8 Å². The van der Waals surface area contributed by atoms with Gasteiger partial charge >= 0.3 is 0 Å². The summed E-state index contributed by atoms with van der Waals surface area (Å²) in [7, 11) is 0. The zero-order valence-electron chi connectivity index (χ0n) is 12.2. The van der Waals surface area contributed by atoms with Crippen LogP contribution in [0.5, 0.6) is 0 Å². The first-order valence-electron chi connectivity index (χ1n) is 7.20. The Morgan fingerprint density at radius 2 is 1.95 bits per heavy atom. The average Bonchev–Trinajstić information content (AvgIpc) is 2.38. The number of nitrogens with zero attached hydrogens (tertiary/aromatic N) is 1. The second kappa shape index (κ2) is 5.45. The van der Waals surface area contributed by atoms with Gasteiger partial charge in [0, 0.05) is 24.2 Å². The van der Waals surface area contributed by atoms with Gasteiger partial charge in [0.15, 0.2) is 0 Å². The predicted octanol–water partition coefficient (Wildman–Crippen LogP) is 2.55. The lowest BCUT2D eigenvalue weighted by atomic mass is 9.70. The molecule has 1 aliphatic rings. The highest BCUT2D eigenvalue weighted by molar-refractivity contribution is 5.08. The van der Waals surface area contributed by atoms with E-state index >= 15 is 0 Å². The molecular formula is C15H25N3O. The quantitative estimate of drug-likeness (QED) is 0.861. The largest absolute Gasteiger partial charge is 0.326 e. The summed E-state index contributed by atoms with van der Waals surface area (Å²) in [5.74, 6) is 2.02. The van der Waals surface area contributed by atoms with Crippen LogP contribution in [0.25, 0.3) is 0 Å². The van der Waals surface area contributed by atoms with Crippen LogP contribution in [0.15, 0.2) is 11.0 Å². The van der Waals surface area contributed by atoms with E-state index in [2.05, 4.69) is 30.7 Å². The minimum Gasteiger partial charge on any atom is -0.326 e. The summed E-state index contributed by atoms with van der Waals surface area (Å²) in [6, 6.07) is 0. The molecule has 3 N–H and O–H groups in total. The first-order chi connectivity index (χ1) is 8.91. The van der Waals surface area contributed by atoms with Crippen LogP contribution in [0.2, 0.25) is 0 Å². The Balaban J connectivity index is 2.06. The average molecular weight is 263 g/mol. The van der Waals surface area contributed by atoms with E-state index < -0.39 is 0 Å². The minimum atomic E-state index is -0.0783. The molecule has 0 radical (unpaired) electrons. The first-order valence-corrected chi connectivity index (χ1v) is 7.20. The van der Waals surface area contributed by atoms with Crippen molar-refractivity contribution in [2.45, 2.75) is 58.9 Å². The summed E-state index contributed by atoms with van der Waals surface area (Å²) in [5, 5.41) is 0. The normalized spacial score (nSPS) is 24.4. The van der Waals surface area contributed by atoms with E-state index in [1.807, 2.05) is 0 Å². The third kappa shape index (κ3) is 3.24. The number of nitrogens with one attached hydrogen (secondary N) is 1. The van der Waals surface area contributed by atoms with Crippen molar-refractivity contribution < 1.29 is 0 Å². The van der Waals surface area contributed by atoms with Crippen molar-refractivity contribution in [2.75, 3.05) is 0 Å². The van der Waals surface area contributed by atoms with Gasteiger partial charge in [-0.2, -0.15) is 0 Å². The molecule has 0 atom stereocenters. The Bertz CT molecular complexity index is 479. The number of rotatable bonds is 2. The van der Waals surface area contributed by atoms with Gasteiger partial charge in [-0.15, -0.1) is 0 Å². The fraction of sp³-hybridized carbons (Fsp3) is 0.733. The maximum absolute atomic E-state index is 11.8. The number of aromatic nitrogens is 2. The number of nitrogens with two attached hydrogens (primary N) is 1. The first kappa shape index (κ1) is 14.3. The highest BCUT2D eigenvalue weighted by Gasteiger charge is 2.30. The number of H-pyrrole nitrogens is 1. The van der Waals surface area contributed by atoms with Crippen LogP contribution in [0.1, 0.15) is 63.8 Å². The SMILES string of the molecule is CC(C)(C)C1CCC(c2ncc(CN)c(=O)[nH]2)CC1. The molecule has 1 fully saturated rings. The molecule has 0 spiro atoms. The van der Waals surface area contributed by atoms with Crippen LogP contribution in [0.4, 0.5) is 0 Å². The Kier molecular flexibility index (Phi) is 4.09. The van der Waals surface area contributed by atoms with Gasteiger partial charge in [0.1, 0.15) is 5.82 Å². The van der Waals surface area contributed by atoms with Crippen LogP contribution in [-0.2, 0) is 6.54 Å². The molecule has 1 saturated carbocycles. The Labute approximate surface area is 114 Å². The summed E-state index contributed by atoms with van der Waals surface area (Å²) < 4.78 is 0.